The molecule has 0 amide bonds. The number of aliphatic hydroxyl groups is 1. The molecule has 4 nitrogen and oxygen atoms in total. The van der Waals surface area contributed by atoms with Crippen molar-refractivity contribution in [1.29, 1.82) is 0 Å². The van der Waals surface area contributed by atoms with E-state index in [2.05, 4.69) is 4.98 Å². The van der Waals surface area contributed by atoms with E-state index in [0.717, 1.165) is 12.1 Å². The lowest BCUT2D eigenvalue weighted by Crippen LogP contribution is -2.30. The number of aryl methyl sites for hydroxylation is 1. The molecule has 0 bridgehead atoms. The molecule has 23 heavy (non-hydrogen) atoms. The Balaban J connectivity index is 2.07. The van der Waals surface area contributed by atoms with Gasteiger partial charge in [0.05, 0.1) is 24.5 Å². The number of hydrogen-bond donors (Lipinski definition) is 1. The fourth-order valence-corrected chi connectivity index (χ4v) is 2.20. The van der Waals surface area contributed by atoms with E-state index >= 15 is 0 Å². The number of nitrogens with zero attached hydrogens (tertiary/aromatic N) is 2. The summed E-state index contributed by atoms with van der Waals surface area (Å²) in [4.78, 5) is 16.1. The van der Waals surface area contributed by atoms with Crippen molar-refractivity contribution in [2.45, 2.75) is 39.1 Å². The molecule has 0 aliphatic rings. The molecule has 1 atom stereocenters. The summed E-state index contributed by atoms with van der Waals surface area (Å²) < 4.78 is 38.8. The Morgan fingerprint density at radius 2 is 1.83 bits per heavy atom. The number of rotatable bonds is 4. The number of aliphatic hydroxyl groups excluding tert-OH is 1. The van der Waals surface area contributed by atoms with Crippen molar-refractivity contribution >= 4 is 0 Å². The SMILES string of the molecule is Cc1ncn(C[C@@H](O)Cc2ccc(C(F)(F)F)cc2)c(=O)c1C. The minimum Gasteiger partial charge on any atom is -0.391 e. The van der Waals surface area contributed by atoms with E-state index < -0.39 is 17.8 Å². The first kappa shape index (κ1) is 17.2. The van der Waals surface area contributed by atoms with Crippen LogP contribution < -0.4 is 5.56 Å². The van der Waals surface area contributed by atoms with E-state index in [9.17, 15) is 23.1 Å². The van der Waals surface area contributed by atoms with Gasteiger partial charge in [0.25, 0.3) is 5.56 Å². The molecule has 0 radical (unpaired) electrons. The van der Waals surface area contributed by atoms with E-state index in [-0.39, 0.29) is 18.5 Å². The highest BCUT2D eigenvalue weighted by Crippen LogP contribution is 2.29. The van der Waals surface area contributed by atoms with Crippen molar-refractivity contribution in [3.8, 4) is 0 Å². The van der Waals surface area contributed by atoms with E-state index in [1.165, 1.54) is 23.0 Å². The van der Waals surface area contributed by atoms with Gasteiger partial charge in [-0.15, -0.1) is 0 Å². The lowest BCUT2D eigenvalue weighted by molar-refractivity contribution is -0.137. The summed E-state index contributed by atoms with van der Waals surface area (Å²) >= 11 is 0. The Morgan fingerprint density at radius 1 is 1.22 bits per heavy atom. The molecule has 2 aromatic rings. The van der Waals surface area contributed by atoms with E-state index in [1.54, 1.807) is 13.8 Å². The standard InChI is InChI=1S/C16H17F3N2O2/c1-10-11(2)20-9-21(15(10)23)8-14(22)7-12-3-5-13(6-4-12)16(17,18)19/h3-6,9,14,22H,7-8H2,1-2H3/t14-/m0/s1. The molecule has 7 heteroatoms. The van der Waals surface area contributed by atoms with Gasteiger partial charge in [0.15, 0.2) is 0 Å². The molecule has 1 aromatic heterocycles. The Bertz CT molecular complexity index is 736. The maximum absolute atomic E-state index is 12.5. The number of hydrogen-bond acceptors (Lipinski definition) is 3. The number of aromatic nitrogens is 2. The quantitative estimate of drug-likeness (QED) is 0.939. The van der Waals surface area contributed by atoms with Gasteiger partial charge < -0.3 is 5.11 Å². The zero-order valence-corrected chi connectivity index (χ0v) is 12.8. The molecular weight excluding hydrogens is 309 g/mol. The molecule has 0 aliphatic carbocycles. The first-order valence-corrected chi connectivity index (χ1v) is 7.05. The highest BCUT2D eigenvalue weighted by atomic mass is 19.4. The smallest absolute Gasteiger partial charge is 0.391 e. The van der Waals surface area contributed by atoms with Crippen LogP contribution in [0.4, 0.5) is 13.2 Å². The molecule has 124 valence electrons. The van der Waals surface area contributed by atoms with Gasteiger partial charge in [0.2, 0.25) is 0 Å². The average molecular weight is 326 g/mol. The van der Waals surface area contributed by atoms with Crippen LogP contribution in [-0.4, -0.2) is 20.8 Å². The Hall–Kier alpha value is -2.15. The second-order valence-electron chi connectivity index (χ2n) is 5.47. The van der Waals surface area contributed by atoms with Gasteiger partial charge in [-0.3, -0.25) is 9.36 Å². The third kappa shape index (κ3) is 4.19. The molecule has 1 heterocycles. The lowest BCUT2D eigenvalue weighted by Gasteiger charge is -2.14. The van der Waals surface area contributed by atoms with Crippen LogP contribution in [0.3, 0.4) is 0 Å². The summed E-state index contributed by atoms with van der Waals surface area (Å²) in [7, 11) is 0. The third-order valence-electron chi connectivity index (χ3n) is 3.68. The Labute approximate surface area is 131 Å². The topological polar surface area (TPSA) is 55.1 Å². The minimum absolute atomic E-state index is 0.0357. The summed E-state index contributed by atoms with van der Waals surface area (Å²) in [6.45, 7) is 3.41. The first-order chi connectivity index (χ1) is 10.7. The average Bonchev–Trinajstić information content (AvgIpc) is 2.47. The van der Waals surface area contributed by atoms with Crippen LogP contribution in [0.2, 0.25) is 0 Å². The van der Waals surface area contributed by atoms with E-state index in [1.807, 2.05) is 0 Å². The maximum atomic E-state index is 12.5. The van der Waals surface area contributed by atoms with Crippen molar-refractivity contribution in [1.82, 2.24) is 9.55 Å². The Morgan fingerprint density at radius 3 is 2.39 bits per heavy atom. The fourth-order valence-electron chi connectivity index (χ4n) is 2.20. The van der Waals surface area contributed by atoms with Gasteiger partial charge >= 0.3 is 6.18 Å². The van der Waals surface area contributed by atoms with Crippen molar-refractivity contribution < 1.29 is 18.3 Å². The molecule has 0 spiro atoms. The van der Waals surface area contributed by atoms with Crippen LogP contribution in [0.5, 0.6) is 0 Å². The van der Waals surface area contributed by atoms with Crippen LogP contribution >= 0.6 is 0 Å². The van der Waals surface area contributed by atoms with Gasteiger partial charge in [-0.25, -0.2) is 4.98 Å². The molecule has 2 rings (SSSR count). The predicted octanol–water partition coefficient (Wildman–Crippen LogP) is 2.48. The third-order valence-corrected chi connectivity index (χ3v) is 3.68. The van der Waals surface area contributed by atoms with Gasteiger partial charge in [-0.2, -0.15) is 13.2 Å². The summed E-state index contributed by atoms with van der Waals surface area (Å²) in [5, 5.41) is 10.1. The number of halogens is 3. The minimum atomic E-state index is -4.38. The van der Waals surface area contributed by atoms with Gasteiger partial charge in [0, 0.05) is 17.7 Å². The summed E-state index contributed by atoms with van der Waals surface area (Å²) in [6.07, 6.45) is -3.76. The monoisotopic (exact) mass is 326 g/mol. The summed E-state index contributed by atoms with van der Waals surface area (Å²) in [5.74, 6) is 0. The van der Waals surface area contributed by atoms with Gasteiger partial charge in [-0.05, 0) is 31.5 Å². The second kappa shape index (κ2) is 6.54. The van der Waals surface area contributed by atoms with Crippen molar-refractivity contribution in [3.63, 3.8) is 0 Å². The summed E-state index contributed by atoms with van der Waals surface area (Å²) in [5.41, 5.74) is 0.738. The van der Waals surface area contributed by atoms with E-state index in [0.29, 0.717) is 16.8 Å². The molecule has 0 fully saturated rings. The molecule has 1 aromatic carbocycles. The van der Waals surface area contributed by atoms with Gasteiger partial charge in [0.1, 0.15) is 0 Å². The Kier molecular flexibility index (Phi) is 4.89. The highest BCUT2D eigenvalue weighted by molar-refractivity contribution is 5.25. The van der Waals surface area contributed by atoms with Crippen LogP contribution in [0.15, 0.2) is 35.4 Å². The molecule has 0 saturated carbocycles. The number of benzene rings is 1. The van der Waals surface area contributed by atoms with Crippen LogP contribution in [0.25, 0.3) is 0 Å². The number of alkyl halides is 3. The van der Waals surface area contributed by atoms with Crippen LogP contribution in [-0.2, 0) is 19.1 Å². The van der Waals surface area contributed by atoms with Crippen molar-refractivity contribution in [3.05, 3.63) is 63.3 Å². The maximum Gasteiger partial charge on any atom is 0.416 e. The van der Waals surface area contributed by atoms with Gasteiger partial charge in [-0.1, -0.05) is 12.1 Å². The fraction of sp³-hybridized carbons (Fsp3) is 0.375. The first-order valence-electron chi connectivity index (χ1n) is 7.05. The zero-order valence-electron chi connectivity index (χ0n) is 12.8. The summed E-state index contributed by atoms with van der Waals surface area (Å²) in [6, 6.07) is 4.61. The molecule has 0 aliphatic heterocycles. The van der Waals surface area contributed by atoms with Crippen molar-refractivity contribution in [2.75, 3.05) is 0 Å². The zero-order chi connectivity index (χ0) is 17.2. The molecule has 1 N–H and O–H groups in total. The molecular formula is C16H17F3N2O2. The predicted molar refractivity (Wildman–Crippen MR) is 79.1 cm³/mol. The lowest BCUT2D eigenvalue weighted by atomic mass is 10.1. The van der Waals surface area contributed by atoms with E-state index in [4.69, 9.17) is 0 Å². The molecule has 0 unspecified atom stereocenters. The molecule has 0 saturated heterocycles. The van der Waals surface area contributed by atoms with Crippen LogP contribution in [0, 0.1) is 13.8 Å². The normalized spacial score (nSPS) is 13.1. The largest absolute Gasteiger partial charge is 0.416 e. The van der Waals surface area contributed by atoms with Crippen molar-refractivity contribution in [2.24, 2.45) is 0 Å². The highest BCUT2D eigenvalue weighted by Gasteiger charge is 2.29. The second-order valence-corrected chi connectivity index (χ2v) is 5.47. The van der Waals surface area contributed by atoms with Crippen LogP contribution in [0.1, 0.15) is 22.4 Å².